The van der Waals surface area contributed by atoms with E-state index in [2.05, 4.69) is 20.8 Å². The fourth-order valence-electron chi connectivity index (χ4n) is 4.74. The van der Waals surface area contributed by atoms with Crippen molar-refractivity contribution in [2.24, 2.45) is 17.8 Å². The van der Waals surface area contributed by atoms with Crippen molar-refractivity contribution in [3.05, 3.63) is 0 Å². The Morgan fingerprint density at radius 2 is 1.38 bits per heavy atom. The largest absolute Gasteiger partial charge is 0.463 e. The third-order valence-corrected chi connectivity index (χ3v) is 6.22. The number of carbonyl (C=O) groups excluding carboxylic acids is 4. The van der Waals surface area contributed by atoms with Gasteiger partial charge in [-0.05, 0) is 30.6 Å². The van der Waals surface area contributed by atoms with E-state index in [0.29, 0.717) is 11.8 Å². The molecule has 2 rings (SSSR count). The summed E-state index contributed by atoms with van der Waals surface area (Å²) in [6.45, 7) is 11.0. The molecular formula is C24H38O10. The van der Waals surface area contributed by atoms with Crippen molar-refractivity contribution in [2.45, 2.75) is 105 Å². The Kier molecular flexibility index (Phi) is 10.3. The van der Waals surface area contributed by atoms with Crippen LogP contribution < -0.4 is 0 Å². The lowest BCUT2D eigenvalue weighted by atomic mass is 9.75. The van der Waals surface area contributed by atoms with Crippen molar-refractivity contribution in [1.82, 2.24) is 0 Å². The first-order valence-corrected chi connectivity index (χ1v) is 11.8. The van der Waals surface area contributed by atoms with Crippen molar-refractivity contribution < 1.29 is 47.6 Å². The number of hydrogen-bond donors (Lipinski definition) is 0. The average molecular weight is 487 g/mol. The fraction of sp³-hybridized carbons (Fsp3) is 0.833. The molecule has 8 atom stereocenters. The molecule has 0 aromatic heterocycles. The Hall–Kier alpha value is -2.20. The first-order valence-electron chi connectivity index (χ1n) is 11.8. The highest BCUT2D eigenvalue weighted by molar-refractivity contribution is 5.68. The molecule has 1 heterocycles. The summed E-state index contributed by atoms with van der Waals surface area (Å²) >= 11 is 0. The second-order valence-corrected chi connectivity index (χ2v) is 9.57. The van der Waals surface area contributed by atoms with Crippen LogP contribution >= 0.6 is 0 Å². The zero-order valence-corrected chi connectivity index (χ0v) is 21.1. The Morgan fingerprint density at radius 3 is 1.91 bits per heavy atom. The zero-order valence-electron chi connectivity index (χ0n) is 21.1. The topological polar surface area (TPSA) is 124 Å². The van der Waals surface area contributed by atoms with Gasteiger partial charge in [-0.15, -0.1) is 0 Å². The molecule has 1 aliphatic heterocycles. The molecule has 0 amide bonds. The predicted octanol–water partition coefficient (Wildman–Crippen LogP) is 2.55. The maximum atomic E-state index is 12.0. The van der Waals surface area contributed by atoms with Crippen molar-refractivity contribution in [3.63, 3.8) is 0 Å². The van der Waals surface area contributed by atoms with Crippen molar-refractivity contribution in [2.75, 3.05) is 6.61 Å². The molecule has 10 nitrogen and oxygen atoms in total. The van der Waals surface area contributed by atoms with Crippen LogP contribution in [-0.4, -0.2) is 67.3 Å². The summed E-state index contributed by atoms with van der Waals surface area (Å²) in [5.74, 6) is -1.50. The van der Waals surface area contributed by atoms with E-state index in [-0.39, 0.29) is 18.6 Å². The van der Waals surface area contributed by atoms with Gasteiger partial charge < -0.3 is 28.4 Å². The summed E-state index contributed by atoms with van der Waals surface area (Å²) in [7, 11) is 0. The van der Waals surface area contributed by atoms with Gasteiger partial charge in [0, 0.05) is 27.7 Å². The molecule has 1 saturated carbocycles. The first kappa shape index (κ1) is 28.0. The van der Waals surface area contributed by atoms with Crippen LogP contribution in [0.5, 0.6) is 0 Å². The Bertz CT molecular complexity index is 735. The molecule has 0 N–H and O–H groups in total. The van der Waals surface area contributed by atoms with Gasteiger partial charge in [-0.3, -0.25) is 19.2 Å². The highest BCUT2D eigenvalue weighted by Crippen LogP contribution is 2.38. The van der Waals surface area contributed by atoms with Gasteiger partial charge in [0.05, 0.1) is 6.10 Å². The minimum Gasteiger partial charge on any atom is -0.463 e. The summed E-state index contributed by atoms with van der Waals surface area (Å²) in [5.41, 5.74) is 0. The Labute approximate surface area is 200 Å². The number of hydrogen-bond acceptors (Lipinski definition) is 10. The molecule has 10 heteroatoms. The fourth-order valence-corrected chi connectivity index (χ4v) is 4.74. The van der Waals surface area contributed by atoms with E-state index in [9.17, 15) is 19.2 Å². The van der Waals surface area contributed by atoms with Gasteiger partial charge in [0.15, 0.2) is 24.6 Å². The number of carbonyl (C=O) groups is 4. The van der Waals surface area contributed by atoms with E-state index in [4.69, 9.17) is 28.4 Å². The molecule has 194 valence electrons. The van der Waals surface area contributed by atoms with E-state index in [1.807, 2.05) is 0 Å². The van der Waals surface area contributed by atoms with Gasteiger partial charge >= 0.3 is 23.9 Å². The molecule has 2 aliphatic rings. The first-order chi connectivity index (χ1) is 15.9. The van der Waals surface area contributed by atoms with Crippen LogP contribution in [-0.2, 0) is 47.6 Å². The summed E-state index contributed by atoms with van der Waals surface area (Å²) in [5, 5.41) is 0. The van der Waals surface area contributed by atoms with Crippen LogP contribution in [0.1, 0.15) is 67.7 Å². The van der Waals surface area contributed by atoms with Crippen LogP contribution in [0, 0.1) is 17.8 Å². The number of esters is 4. The summed E-state index contributed by atoms with van der Waals surface area (Å²) < 4.78 is 34.0. The lowest BCUT2D eigenvalue weighted by molar-refractivity contribution is -0.323. The lowest BCUT2D eigenvalue weighted by Crippen LogP contribution is -2.63. The minimum atomic E-state index is -1.22. The number of ether oxygens (including phenoxy) is 6. The molecule has 0 spiro atoms. The van der Waals surface area contributed by atoms with Crippen LogP contribution in [0.2, 0.25) is 0 Å². The van der Waals surface area contributed by atoms with Crippen LogP contribution in [0.3, 0.4) is 0 Å². The molecule has 34 heavy (non-hydrogen) atoms. The summed E-state index contributed by atoms with van der Waals surface area (Å²) in [6.07, 6.45) is -3.07. The second-order valence-electron chi connectivity index (χ2n) is 9.57. The van der Waals surface area contributed by atoms with Crippen molar-refractivity contribution >= 4 is 23.9 Å². The van der Waals surface area contributed by atoms with E-state index in [1.165, 1.54) is 27.7 Å². The van der Waals surface area contributed by atoms with Gasteiger partial charge in [0.25, 0.3) is 0 Å². The third kappa shape index (κ3) is 7.94. The summed E-state index contributed by atoms with van der Waals surface area (Å²) in [6, 6.07) is 0. The maximum Gasteiger partial charge on any atom is 0.303 e. The third-order valence-electron chi connectivity index (χ3n) is 6.22. The molecule has 0 bridgehead atoms. The lowest BCUT2D eigenvalue weighted by Gasteiger charge is -2.46. The smallest absolute Gasteiger partial charge is 0.303 e. The van der Waals surface area contributed by atoms with Crippen molar-refractivity contribution in [1.29, 1.82) is 0 Å². The zero-order chi connectivity index (χ0) is 25.6. The van der Waals surface area contributed by atoms with E-state index < -0.39 is 54.6 Å². The van der Waals surface area contributed by atoms with E-state index >= 15 is 0 Å². The molecule has 0 aromatic carbocycles. The van der Waals surface area contributed by atoms with Crippen LogP contribution in [0.25, 0.3) is 0 Å². The van der Waals surface area contributed by atoms with Crippen molar-refractivity contribution in [3.8, 4) is 0 Å². The molecule has 2 fully saturated rings. The normalized spacial score (nSPS) is 33.6. The quantitative estimate of drug-likeness (QED) is 0.373. The molecule has 0 unspecified atom stereocenters. The average Bonchev–Trinajstić information content (AvgIpc) is 2.69. The predicted molar refractivity (Wildman–Crippen MR) is 118 cm³/mol. The highest BCUT2D eigenvalue weighted by atomic mass is 16.7. The Balaban J connectivity index is 2.43. The van der Waals surface area contributed by atoms with E-state index in [0.717, 1.165) is 19.3 Å². The monoisotopic (exact) mass is 486 g/mol. The van der Waals surface area contributed by atoms with Crippen LogP contribution in [0.15, 0.2) is 0 Å². The highest BCUT2D eigenvalue weighted by Gasteiger charge is 2.53. The second kappa shape index (κ2) is 12.5. The Morgan fingerprint density at radius 1 is 0.824 bits per heavy atom. The minimum absolute atomic E-state index is 0.190. The maximum absolute atomic E-state index is 12.0. The standard InChI is InChI=1S/C24H38O10/c1-12(2)18-9-8-13(3)10-19(18)33-24-23(32-17(7)28)22(31-16(6)27)21(30-15(5)26)20(34-24)11-29-14(4)25/h12-13,18-24H,8-11H2,1-7H3/t13-,18+,19-,20-,21-,22+,23+,24-/m1/s1. The van der Waals surface area contributed by atoms with Gasteiger partial charge in [-0.1, -0.05) is 27.2 Å². The van der Waals surface area contributed by atoms with Gasteiger partial charge in [-0.25, -0.2) is 0 Å². The SMILES string of the molecule is CC(=O)OC[C@H]1O[C@@H](O[C@@H]2C[C@H](C)CC[C@H]2C(C)C)[C@@H](OC(C)=O)[C@@H](OC(C)=O)[C@@H]1OC(C)=O. The van der Waals surface area contributed by atoms with Gasteiger partial charge in [-0.2, -0.15) is 0 Å². The molecule has 0 aromatic rings. The van der Waals surface area contributed by atoms with Gasteiger partial charge in [0.1, 0.15) is 12.7 Å². The molecular weight excluding hydrogens is 448 g/mol. The van der Waals surface area contributed by atoms with E-state index in [1.54, 1.807) is 0 Å². The summed E-state index contributed by atoms with van der Waals surface area (Å²) in [4.78, 5) is 47.2. The van der Waals surface area contributed by atoms with Crippen LogP contribution in [0.4, 0.5) is 0 Å². The number of rotatable bonds is 8. The molecule has 1 saturated heterocycles. The molecule has 0 radical (unpaired) electrons. The molecule has 1 aliphatic carbocycles. The van der Waals surface area contributed by atoms with Gasteiger partial charge in [0.2, 0.25) is 0 Å².